The lowest BCUT2D eigenvalue weighted by atomic mass is 10.5. The molecule has 0 radical (unpaired) electrons. The van der Waals surface area contributed by atoms with Crippen LogP contribution < -0.4 is 0 Å². The van der Waals surface area contributed by atoms with Gasteiger partial charge in [-0.3, -0.25) is 4.57 Å². The topological polar surface area (TPSA) is 41.6 Å². The van der Waals surface area contributed by atoms with Gasteiger partial charge in [0.25, 0.3) is 0 Å². The van der Waals surface area contributed by atoms with Crippen molar-refractivity contribution in [3.8, 4) is 6.07 Å². The predicted octanol–water partition coefficient (Wildman–Crippen LogP) is 2.01. The summed E-state index contributed by atoms with van der Waals surface area (Å²) >= 11 is 3.49. The minimum absolute atomic E-state index is 0.699. The number of rotatable bonds is 1. The zero-order chi connectivity index (χ0) is 9.10. The zero-order valence-electron chi connectivity index (χ0n) is 6.80. The SMILES string of the molecule is N#CC(=C1SCCS1)n1ccnc1. The molecule has 2 heterocycles. The van der Waals surface area contributed by atoms with Crippen LogP contribution in [0.5, 0.6) is 0 Å². The second-order valence-electron chi connectivity index (χ2n) is 2.41. The van der Waals surface area contributed by atoms with Crippen LogP contribution in [0, 0.1) is 11.3 Å². The molecule has 0 saturated carbocycles. The second-order valence-corrected chi connectivity index (χ2v) is 4.88. The summed E-state index contributed by atoms with van der Waals surface area (Å²) in [6, 6.07) is 2.21. The number of hydrogen-bond acceptors (Lipinski definition) is 4. The average Bonchev–Trinajstić information content (AvgIpc) is 2.76. The van der Waals surface area contributed by atoms with E-state index < -0.39 is 0 Å². The Hall–Kier alpha value is -0.860. The van der Waals surface area contributed by atoms with Gasteiger partial charge in [-0.15, -0.1) is 23.5 Å². The lowest BCUT2D eigenvalue weighted by Crippen LogP contribution is -1.91. The summed E-state index contributed by atoms with van der Waals surface area (Å²) in [6.45, 7) is 0. The maximum atomic E-state index is 8.98. The Labute approximate surface area is 84.8 Å². The van der Waals surface area contributed by atoms with E-state index in [9.17, 15) is 0 Å². The van der Waals surface area contributed by atoms with Gasteiger partial charge in [0.1, 0.15) is 11.8 Å². The van der Waals surface area contributed by atoms with Gasteiger partial charge in [-0.25, -0.2) is 4.98 Å². The van der Waals surface area contributed by atoms with Crippen LogP contribution in [-0.4, -0.2) is 21.1 Å². The number of nitriles is 1. The predicted molar refractivity (Wildman–Crippen MR) is 56.0 cm³/mol. The Balaban J connectivity index is 2.39. The Morgan fingerprint density at radius 1 is 1.54 bits per heavy atom. The molecule has 1 aromatic heterocycles. The van der Waals surface area contributed by atoms with Crippen LogP contribution in [0.4, 0.5) is 0 Å². The van der Waals surface area contributed by atoms with Crippen molar-refractivity contribution in [2.45, 2.75) is 0 Å². The number of aromatic nitrogens is 2. The summed E-state index contributed by atoms with van der Waals surface area (Å²) in [7, 11) is 0. The third-order valence-corrected chi connectivity index (χ3v) is 4.30. The maximum Gasteiger partial charge on any atom is 0.145 e. The van der Waals surface area contributed by atoms with Gasteiger partial charge in [-0.2, -0.15) is 5.26 Å². The molecule has 0 aromatic carbocycles. The molecule has 1 fully saturated rings. The highest BCUT2D eigenvalue weighted by molar-refractivity contribution is 8.25. The van der Waals surface area contributed by atoms with Crippen molar-refractivity contribution in [1.29, 1.82) is 5.26 Å². The highest BCUT2D eigenvalue weighted by Gasteiger charge is 2.14. The minimum Gasteiger partial charge on any atom is -0.296 e. The van der Waals surface area contributed by atoms with Crippen LogP contribution >= 0.6 is 23.5 Å². The van der Waals surface area contributed by atoms with Crippen molar-refractivity contribution in [2.75, 3.05) is 11.5 Å². The van der Waals surface area contributed by atoms with E-state index >= 15 is 0 Å². The standard InChI is InChI=1S/C8H7N3S2/c9-5-7(8-12-3-4-13-8)11-2-1-10-6-11/h1-2,6H,3-4H2. The molecular weight excluding hydrogens is 202 g/mol. The average molecular weight is 209 g/mol. The van der Waals surface area contributed by atoms with Crippen LogP contribution in [0.1, 0.15) is 0 Å². The molecule has 0 spiro atoms. The molecule has 0 aliphatic carbocycles. The fraction of sp³-hybridized carbons (Fsp3) is 0.250. The summed E-state index contributed by atoms with van der Waals surface area (Å²) in [6.07, 6.45) is 5.14. The van der Waals surface area contributed by atoms with Crippen molar-refractivity contribution < 1.29 is 0 Å². The third kappa shape index (κ3) is 1.74. The molecule has 1 aromatic rings. The number of hydrogen-bond donors (Lipinski definition) is 0. The quantitative estimate of drug-likeness (QED) is 0.663. The summed E-state index contributed by atoms with van der Waals surface area (Å²) in [4.78, 5) is 3.92. The van der Waals surface area contributed by atoms with Gasteiger partial charge >= 0.3 is 0 Å². The lowest BCUT2D eigenvalue weighted by Gasteiger charge is -2.01. The fourth-order valence-corrected chi connectivity index (χ4v) is 3.49. The zero-order valence-corrected chi connectivity index (χ0v) is 8.44. The molecule has 3 nitrogen and oxygen atoms in total. The highest BCUT2D eigenvalue weighted by atomic mass is 32.2. The van der Waals surface area contributed by atoms with E-state index in [0.717, 1.165) is 15.7 Å². The molecule has 0 unspecified atom stereocenters. The molecule has 5 heteroatoms. The monoisotopic (exact) mass is 209 g/mol. The first-order chi connectivity index (χ1) is 6.42. The second kappa shape index (κ2) is 3.90. The highest BCUT2D eigenvalue weighted by Crippen LogP contribution is 2.39. The molecule has 0 bridgehead atoms. The van der Waals surface area contributed by atoms with Crippen molar-refractivity contribution in [3.05, 3.63) is 23.0 Å². The molecule has 66 valence electrons. The van der Waals surface area contributed by atoms with Crippen LogP contribution in [-0.2, 0) is 0 Å². The van der Waals surface area contributed by atoms with Crippen molar-refractivity contribution >= 4 is 29.2 Å². The van der Waals surface area contributed by atoms with E-state index in [1.165, 1.54) is 0 Å². The molecule has 2 rings (SSSR count). The smallest absolute Gasteiger partial charge is 0.145 e. The Bertz CT molecular complexity index is 353. The van der Waals surface area contributed by atoms with Crippen molar-refractivity contribution in [1.82, 2.24) is 9.55 Å². The summed E-state index contributed by atoms with van der Waals surface area (Å²) in [5, 5.41) is 8.98. The van der Waals surface area contributed by atoms with Gasteiger partial charge in [-0.1, -0.05) is 0 Å². The number of thioether (sulfide) groups is 2. The molecule has 1 aliphatic heterocycles. The first kappa shape index (κ1) is 8.73. The number of nitrogens with zero attached hydrogens (tertiary/aromatic N) is 3. The first-order valence-electron chi connectivity index (χ1n) is 3.80. The van der Waals surface area contributed by atoms with Gasteiger partial charge < -0.3 is 0 Å². The van der Waals surface area contributed by atoms with Gasteiger partial charge in [0.2, 0.25) is 0 Å². The van der Waals surface area contributed by atoms with Crippen molar-refractivity contribution in [3.63, 3.8) is 0 Å². The van der Waals surface area contributed by atoms with Crippen LogP contribution in [0.2, 0.25) is 0 Å². The van der Waals surface area contributed by atoms with Gasteiger partial charge in [0.15, 0.2) is 0 Å². The lowest BCUT2D eigenvalue weighted by molar-refractivity contribution is 1.10. The molecule has 0 amide bonds. The van der Waals surface area contributed by atoms with Gasteiger partial charge in [0.05, 0.1) is 10.6 Å². The molecule has 1 aliphatic rings. The molecular formula is C8H7N3S2. The van der Waals surface area contributed by atoms with E-state index in [1.54, 1.807) is 46.8 Å². The molecule has 13 heavy (non-hydrogen) atoms. The van der Waals surface area contributed by atoms with E-state index in [4.69, 9.17) is 5.26 Å². The normalized spacial score (nSPS) is 15.8. The van der Waals surface area contributed by atoms with Crippen LogP contribution in [0.15, 0.2) is 23.0 Å². The van der Waals surface area contributed by atoms with Crippen LogP contribution in [0.3, 0.4) is 0 Å². The van der Waals surface area contributed by atoms with Crippen molar-refractivity contribution in [2.24, 2.45) is 0 Å². The Morgan fingerprint density at radius 2 is 2.31 bits per heavy atom. The van der Waals surface area contributed by atoms with Crippen LogP contribution in [0.25, 0.3) is 5.70 Å². The van der Waals surface area contributed by atoms with Gasteiger partial charge in [-0.05, 0) is 0 Å². The third-order valence-electron chi connectivity index (χ3n) is 1.61. The fourth-order valence-electron chi connectivity index (χ4n) is 1.05. The van der Waals surface area contributed by atoms with E-state index in [2.05, 4.69) is 11.1 Å². The summed E-state index contributed by atoms with van der Waals surface area (Å²) in [5.41, 5.74) is 0.699. The molecule has 1 saturated heterocycles. The first-order valence-corrected chi connectivity index (χ1v) is 5.77. The number of allylic oxidation sites excluding steroid dienone is 1. The Kier molecular flexibility index (Phi) is 2.62. The van der Waals surface area contributed by atoms with Gasteiger partial charge in [0, 0.05) is 23.9 Å². The Morgan fingerprint density at radius 3 is 2.85 bits per heavy atom. The van der Waals surface area contributed by atoms with E-state index in [0.29, 0.717) is 5.70 Å². The molecule has 0 N–H and O–H groups in total. The summed E-state index contributed by atoms with van der Waals surface area (Å²) in [5.74, 6) is 2.19. The number of imidazole rings is 1. The van der Waals surface area contributed by atoms with E-state index in [1.807, 2.05) is 0 Å². The molecule has 0 atom stereocenters. The largest absolute Gasteiger partial charge is 0.296 e. The summed E-state index contributed by atoms with van der Waals surface area (Å²) < 4.78 is 2.88. The maximum absolute atomic E-state index is 8.98. The van der Waals surface area contributed by atoms with E-state index in [-0.39, 0.29) is 0 Å². The minimum atomic E-state index is 0.699.